The quantitative estimate of drug-likeness (QED) is 0.0128. The normalized spacial score (nSPS) is 14.7. The lowest BCUT2D eigenvalue weighted by molar-refractivity contribution is -0.137. The van der Waals surface area contributed by atoms with Crippen LogP contribution in [0.25, 0.3) is 10.9 Å². The van der Waals surface area contributed by atoms with Gasteiger partial charge in [0.05, 0.1) is 32.4 Å². The first kappa shape index (κ1) is 88.1. The van der Waals surface area contributed by atoms with Crippen molar-refractivity contribution in [2.24, 2.45) is 34.8 Å². The molecule has 2 heterocycles. The summed E-state index contributed by atoms with van der Waals surface area (Å²) in [6.07, 6.45) is 2.20. The zero-order valence-electron chi connectivity index (χ0n) is 60.9. The van der Waals surface area contributed by atoms with E-state index in [1.54, 1.807) is 70.3 Å². The summed E-state index contributed by atoms with van der Waals surface area (Å²) in [6, 6.07) is 1.46. The molecular formula is C71H99N19O18S. The van der Waals surface area contributed by atoms with Crippen LogP contribution >= 0.6 is 12.6 Å². The number of phenols is 1. The SMILES string of the molecule is CCC(C)[C@H](NC(=O)[C@H](CC(N)=O)NC(=O)[C@H](CO)NC(=O)[C@H](Cc1ccccc1)NC(=O)[C@H](Cc1ccc(O)cc1)NC(=O)[C@H](CCCCN)NC(=O)[C@H](CC(N)=O)NC(=O)[C@H](CO)NC(=O)[C@@H](NC(C)=O)C(C)C)C(=O)N[C@@H](CS)C(=O)N[C@@H](Cc1cnc[nH]1)C(=O)N[C@@H](Cc1c[nH]c2ccccc12)C(N)=O. The Morgan fingerprint density at radius 2 is 0.917 bits per heavy atom. The van der Waals surface area contributed by atoms with E-state index in [2.05, 4.69) is 91.4 Å². The maximum Gasteiger partial charge on any atom is 0.245 e. The number of thiol groups is 1. The number of aromatic amines is 2. The minimum atomic E-state index is -1.97. The van der Waals surface area contributed by atoms with Crippen molar-refractivity contribution in [3.05, 3.63) is 120 Å². The van der Waals surface area contributed by atoms with Crippen molar-refractivity contribution in [2.45, 2.75) is 171 Å². The maximum absolute atomic E-state index is 14.8. The van der Waals surface area contributed by atoms with Crippen molar-refractivity contribution >= 4 is 112 Å². The Balaban J connectivity index is 1.35. The van der Waals surface area contributed by atoms with Crippen LogP contribution in [0, 0.1) is 11.8 Å². The average molecular weight is 1540 g/mol. The molecule has 37 nitrogen and oxygen atoms in total. The van der Waals surface area contributed by atoms with Gasteiger partial charge in [0.25, 0.3) is 0 Å². The van der Waals surface area contributed by atoms with Crippen LogP contribution in [0.4, 0.5) is 0 Å². The predicted octanol–water partition coefficient (Wildman–Crippen LogP) is -5.31. The fourth-order valence-electron chi connectivity index (χ4n) is 11.3. The van der Waals surface area contributed by atoms with E-state index in [0.29, 0.717) is 28.8 Å². The summed E-state index contributed by atoms with van der Waals surface area (Å²) in [4.78, 5) is 216. The van der Waals surface area contributed by atoms with Crippen molar-refractivity contribution in [1.82, 2.24) is 78.8 Å². The number of primary amides is 3. The van der Waals surface area contributed by atoms with E-state index in [4.69, 9.17) is 22.9 Å². The number of carbonyl (C=O) groups excluding carboxylic acids is 15. The molecule has 15 amide bonds. The van der Waals surface area contributed by atoms with E-state index >= 15 is 0 Å². The molecule has 0 spiro atoms. The lowest BCUT2D eigenvalue weighted by Crippen LogP contribution is -2.62. The van der Waals surface area contributed by atoms with Crippen molar-refractivity contribution < 1.29 is 87.2 Å². The van der Waals surface area contributed by atoms with Gasteiger partial charge in [-0.05, 0) is 72.5 Å². The van der Waals surface area contributed by atoms with Gasteiger partial charge in [-0.15, -0.1) is 0 Å². The number of amides is 15. The monoisotopic (exact) mass is 1540 g/mol. The largest absolute Gasteiger partial charge is 0.508 e. The van der Waals surface area contributed by atoms with Gasteiger partial charge >= 0.3 is 0 Å². The first-order valence-corrected chi connectivity index (χ1v) is 35.8. The number of hydrogen-bond acceptors (Lipinski definition) is 21. The molecule has 5 aromatic rings. The van der Waals surface area contributed by atoms with Crippen LogP contribution in [0.15, 0.2) is 97.6 Å². The number of para-hydroxylation sites is 1. The molecule has 0 bridgehead atoms. The van der Waals surface area contributed by atoms with Crippen LogP contribution in [0.1, 0.15) is 95.5 Å². The van der Waals surface area contributed by atoms with Gasteiger partial charge in [0, 0.05) is 67.4 Å². The molecule has 0 aliphatic heterocycles. The molecule has 0 saturated heterocycles. The molecule has 25 N–H and O–H groups in total. The Morgan fingerprint density at radius 3 is 1.41 bits per heavy atom. The van der Waals surface area contributed by atoms with Crippen LogP contribution in [0.3, 0.4) is 0 Å². The molecular weight excluding hydrogens is 1440 g/mol. The molecule has 2 aromatic heterocycles. The number of aromatic nitrogens is 3. The summed E-state index contributed by atoms with van der Waals surface area (Å²) in [7, 11) is 0. The highest BCUT2D eigenvalue weighted by atomic mass is 32.1. The number of rotatable bonds is 46. The number of fused-ring (bicyclic) bond motifs is 1. The van der Waals surface area contributed by atoms with Crippen LogP contribution < -0.4 is 86.7 Å². The summed E-state index contributed by atoms with van der Waals surface area (Å²) in [5.74, 6) is -17.1. The number of benzene rings is 3. The molecule has 0 aliphatic rings. The summed E-state index contributed by atoms with van der Waals surface area (Å²) in [5, 5.41) is 61.3. The van der Waals surface area contributed by atoms with Crippen molar-refractivity contribution in [1.29, 1.82) is 0 Å². The van der Waals surface area contributed by atoms with Crippen molar-refractivity contribution in [2.75, 3.05) is 25.5 Å². The smallest absolute Gasteiger partial charge is 0.245 e. The summed E-state index contributed by atoms with van der Waals surface area (Å²) in [6.45, 7) is 5.52. The van der Waals surface area contributed by atoms with Gasteiger partial charge in [0.2, 0.25) is 88.6 Å². The molecule has 592 valence electrons. The minimum absolute atomic E-state index is 0.0236. The van der Waals surface area contributed by atoms with Crippen LogP contribution in [-0.2, 0) is 97.6 Å². The second-order valence-corrected chi connectivity index (χ2v) is 26.8. The van der Waals surface area contributed by atoms with Crippen LogP contribution in [0.2, 0.25) is 0 Å². The number of hydrogen-bond donors (Lipinski definition) is 22. The first-order valence-electron chi connectivity index (χ1n) is 35.1. The number of imidazole rings is 1. The predicted molar refractivity (Wildman–Crippen MR) is 397 cm³/mol. The summed E-state index contributed by atoms with van der Waals surface area (Å²) >= 11 is 4.30. The molecule has 0 radical (unpaired) electrons. The highest BCUT2D eigenvalue weighted by Gasteiger charge is 2.39. The van der Waals surface area contributed by atoms with Gasteiger partial charge in [0.1, 0.15) is 78.3 Å². The highest BCUT2D eigenvalue weighted by Crippen LogP contribution is 2.20. The fourth-order valence-corrected chi connectivity index (χ4v) is 11.5. The zero-order chi connectivity index (χ0) is 80.6. The Hall–Kier alpha value is -11.5. The van der Waals surface area contributed by atoms with E-state index in [1.807, 2.05) is 18.2 Å². The summed E-state index contributed by atoms with van der Waals surface area (Å²) < 4.78 is 0. The molecule has 38 heteroatoms. The number of aromatic hydroxyl groups is 1. The van der Waals surface area contributed by atoms with Gasteiger partial charge in [-0.2, -0.15) is 12.6 Å². The second kappa shape index (κ2) is 43.9. The van der Waals surface area contributed by atoms with Crippen LogP contribution in [-0.4, -0.2) is 217 Å². The third kappa shape index (κ3) is 28.3. The highest BCUT2D eigenvalue weighted by molar-refractivity contribution is 7.80. The number of nitrogens with one attached hydrogen (secondary N) is 14. The number of nitrogens with two attached hydrogens (primary N) is 4. The molecule has 13 atom stereocenters. The van der Waals surface area contributed by atoms with Gasteiger partial charge in [-0.1, -0.05) is 94.8 Å². The standard InChI is InChI=1S/C71H99N19O18S/c1-6-37(4)59(71(108)89-55(34-109)69(106)84-50(27-42-31-76-35-78-42)64(101)81-47(60(75)97)26-41-30-77-45-17-11-10-16-44(41)45)90-66(103)52(29-57(74)96)86-67(104)53(32-91)87-63(100)48(24-39-14-8-7-9-15-39)83-62(99)49(25-40-19-21-43(94)22-20-40)82-61(98)46(18-12-13-23-72)80-65(102)51(28-56(73)95)85-68(105)54(33-92)88-70(107)58(36(2)3)79-38(5)93/h7-11,14-17,19-22,30-31,35-37,46-55,58-59,77,91-92,94,109H,6,12-13,18,23-29,32-34,72H2,1-5H3,(H2,73,95)(H2,74,96)(H2,75,97)(H,76,78)(H,79,93)(H,80,102)(H,81,101)(H,82,98)(H,83,99)(H,84,106)(H,85,105)(H,86,104)(H,87,100)(H,88,107)(H,89,108)(H,90,103)/t37?,46-,47-,48-,49-,50-,51-,52-,53-,54-,55-,58-,59-/m0/s1. The molecule has 0 saturated carbocycles. The minimum Gasteiger partial charge on any atom is -0.508 e. The number of aliphatic hydroxyl groups excluding tert-OH is 2. The van der Waals surface area contributed by atoms with Crippen molar-refractivity contribution in [3.8, 4) is 5.75 Å². The Kier molecular flexibility index (Phi) is 35.5. The first-order chi connectivity index (χ1) is 51.8. The van der Waals surface area contributed by atoms with E-state index < -0.39 is 199 Å². The topological polar surface area (TPSA) is 610 Å². The lowest BCUT2D eigenvalue weighted by atomic mass is 9.97. The zero-order valence-corrected chi connectivity index (χ0v) is 61.8. The second-order valence-electron chi connectivity index (χ2n) is 26.4. The van der Waals surface area contributed by atoms with Gasteiger partial charge in [-0.3, -0.25) is 71.9 Å². The number of phenolic OH excluding ortho intramolecular Hbond substituents is 1. The fraction of sp³-hybridized carbons (Fsp3) is 0.465. The molecule has 109 heavy (non-hydrogen) atoms. The van der Waals surface area contributed by atoms with Crippen LogP contribution in [0.5, 0.6) is 5.75 Å². The Bertz CT molecular complexity index is 3960. The number of unbranched alkanes of at least 4 members (excludes halogenated alkanes) is 1. The Morgan fingerprint density at radius 1 is 0.477 bits per heavy atom. The average Bonchev–Trinajstić information content (AvgIpc) is 1.80. The molecule has 0 fully saturated rings. The van der Waals surface area contributed by atoms with E-state index in [1.165, 1.54) is 36.8 Å². The molecule has 5 rings (SSSR count). The van der Waals surface area contributed by atoms with E-state index in [-0.39, 0.29) is 63.0 Å². The third-order valence-corrected chi connectivity index (χ3v) is 17.9. The number of H-pyrrole nitrogens is 2. The van der Waals surface area contributed by atoms with E-state index in [9.17, 15) is 87.2 Å². The van der Waals surface area contributed by atoms with Gasteiger partial charge in [-0.25, -0.2) is 4.98 Å². The molecule has 3 aromatic carbocycles. The van der Waals surface area contributed by atoms with Crippen molar-refractivity contribution in [3.63, 3.8) is 0 Å². The molecule has 0 aliphatic carbocycles. The molecule has 1 unspecified atom stereocenters. The van der Waals surface area contributed by atoms with Gasteiger partial charge in [0.15, 0.2) is 0 Å². The van der Waals surface area contributed by atoms with E-state index in [0.717, 1.165) is 17.8 Å². The number of aliphatic hydroxyl groups is 2. The third-order valence-electron chi connectivity index (χ3n) is 17.5. The summed E-state index contributed by atoms with van der Waals surface area (Å²) in [5.41, 5.74) is 25.2. The Labute approximate surface area is 632 Å². The number of nitrogens with zero attached hydrogens (tertiary/aromatic N) is 1. The maximum atomic E-state index is 14.8. The van der Waals surface area contributed by atoms with Gasteiger partial charge < -0.3 is 112 Å². The lowest BCUT2D eigenvalue weighted by Gasteiger charge is -2.29. The number of carbonyl (C=O) groups is 15.